The van der Waals surface area contributed by atoms with Crippen LogP contribution in [0.25, 0.3) is 0 Å². The van der Waals surface area contributed by atoms with Crippen LogP contribution in [-0.2, 0) is 9.53 Å². The van der Waals surface area contributed by atoms with Gasteiger partial charge in [0.25, 0.3) is 0 Å². The van der Waals surface area contributed by atoms with Crippen molar-refractivity contribution in [1.29, 1.82) is 0 Å². The summed E-state index contributed by atoms with van der Waals surface area (Å²) in [6.45, 7) is 10.0. The molecule has 0 saturated carbocycles. The van der Waals surface area contributed by atoms with E-state index in [-0.39, 0.29) is 23.8 Å². The number of carbonyl (C=O) groups is 1. The molecule has 0 spiro atoms. The minimum Gasteiger partial charge on any atom is -0.390 e. The van der Waals surface area contributed by atoms with Gasteiger partial charge in [0.2, 0.25) is 5.91 Å². The van der Waals surface area contributed by atoms with E-state index in [1.54, 1.807) is 11.8 Å². The molecule has 2 N–H and O–H groups in total. The molecule has 3 rings (SSSR count). The fourth-order valence-corrected chi connectivity index (χ4v) is 5.29. The van der Waals surface area contributed by atoms with Crippen molar-refractivity contribution in [3.8, 4) is 0 Å². The molecule has 148 valence electrons. The van der Waals surface area contributed by atoms with E-state index in [0.717, 1.165) is 25.7 Å². The van der Waals surface area contributed by atoms with Crippen molar-refractivity contribution in [3.05, 3.63) is 12.2 Å². The first-order chi connectivity index (χ1) is 12.1. The van der Waals surface area contributed by atoms with Crippen LogP contribution < -0.4 is 0 Å². The number of aliphatic hydroxyl groups is 2. The lowest BCUT2D eigenvalue weighted by atomic mass is 9.68. The highest BCUT2D eigenvalue weighted by Gasteiger charge is 2.73. The quantitative estimate of drug-likeness (QED) is 0.752. The summed E-state index contributed by atoms with van der Waals surface area (Å²) < 4.78 is 6.09. The van der Waals surface area contributed by atoms with Crippen molar-refractivity contribution in [2.24, 2.45) is 17.3 Å². The third-order valence-corrected chi connectivity index (χ3v) is 6.72. The van der Waals surface area contributed by atoms with E-state index in [9.17, 15) is 15.0 Å². The molecular formula is C21H35NO4. The monoisotopic (exact) mass is 365 g/mol. The van der Waals surface area contributed by atoms with Gasteiger partial charge >= 0.3 is 0 Å². The molecule has 0 aromatic heterocycles. The van der Waals surface area contributed by atoms with Crippen LogP contribution in [0.1, 0.15) is 66.7 Å². The van der Waals surface area contributed by atoms with Crippen molar-refractivity contribution in [2.75, 3.05) is 6.61 Å². The van der Waals surface area contributed by atoms with Crippen molar-refractivity contribution >= 4 is 5.91 Å². The van der Waals surface area contributed by atoms with Crippen molar-refractivity contribution < 1.29 is 19.7 Å². The molecule has 0 aromatic rings. The first kappa shape index (κ1) is 19.8. The Hall–Kier alpha value is -0.910. The molecule has 5 heteroatoms. The molecule has 1 amide bonds. The Balaban J connectivity index is 2.09. The van der Waals surface area contributed by atoms with E-state index in [2.05, 4.69) is 12.2 Å². The molecule has 0 unspecified atom stereocenters. The van der Waals surface area contributed by atoms with Gasteiger partial charge in [0.15, 0.2) is 0 Å². The molecule has 5 nitrogen and oxygen atoms in total. The lowest BCUT2D eigenvalue weighted by molar-refractivity contribution is -0.149. The second kappa shape index (κ2) is 6.61. The van der Waals surface area contributed by atoms with Crippen LogP contribution in [0.15, 0.2) is 12.2 Å². The number of allylic oxidation sites excluding steroid dienone is 1. The molecule has 2 aliphatic heterocycles. The van der Waals surface area contributed by atoms with Crippen molar-refractivity contribution in [3.63, 3.8) is 0 Å². The van der Waals surface area contributed by atoms with Gasteiger partial charge in [-0.1, -0.05) is 46.3 Å². The average molecular weight is 366 g/mol. The Bertz CT molecular complexity index is 579. The average Bonchev–Trinajstić information content (AvgIpc) is 3.07. The third-order valence-electron chi connectivity index (χ3n) is 6.72. The molecular weight excluding hydrogens is 330 g/mol. The number of ether oxygens (including phenoxy) is 1. The zero-order chi connectivity index (χ0) is 19.3. The molecule has 2 fully saturated rings. The molecule has 0 aromatic carbocycles. The second-order valence-electron chi connectivity index (χ2n) is 9.62. The zero-order valence-corrected chi connectivity index (χ0v) is 16.9. The van der Waals surface area contributed by atoms with Crippen LogP contribution in [0.3, 0.4) is 0 Å². The van der Waals surface area contributed by atoms with Gasteiger partial charge in [0.1, 0.15) is 17.4 Å². The van der Waals surface area contributed by atoms with Crippen molar-refractivity contribution in [1.82, 2.24) is 4.90 Å². The van der Waals surface area contributed by atoms with E-state index in [4.69, 9.17) is 4.74 Å². The van der Waals surface area contributed by atoms with Crippen LogP contribution in [0.2, 0.25) is 0 Å². The topological polar surface area (TPSA) is 70.0 Å². The molecule has 2 saturated heterocycles. The zero-order valence-electron chi connectivity index (χ0n) is 16.9. The fraction of sp³-hybridized carbons (Fsp3) is 0.857. The van der Waals surface area contributed by atoms with Crippen LogP contribution in [-0.4, -0.2) is 51.1 Å². The minimum absolute atomic E-state index is 0.0618. The lowest BCUT2D eigenvalue weighted by Crippen LogP contribution is -2.67. The summed E-state index contributed by atoms with van der Waals surface area (Å²) in [7, 11) is 0. The summed E-state index contributed by atoms with van der Waals surface area (Å²) in [5.41, 5.74) is -2.71. The second-order valence-corrected chi connectivity index (χ2v) is 9.62. The lowest BCUT2D eigenvalue weighted by Gasteiger charge is -2.47. The minimum atomic E-state index is -1.33. The largest absolute Gasteiger partial charge is 0.390 e. The molecule has 26 heavy (non-hydrogen) atoms. The van der Waals surface area contributed by atoms with Crippen LogP contribution >= 0.6 is 0 Å². The maximum absolute atomic E-state index is 13.4. The number of nitrogens with zero attached hydrogens (tertiary/aromatic N) is 1. The number of rotatable bonds is 4. The summed E-state index contributed by atoms with van der Waals surface area (Å²) in [4.78, 5) is 15.1. The number of amides is 1. The maximum atomic E-state index is 13.4. The van der Waals surface area contributed by atoms with Gasteiger partial charge in [-0.05, 0) is 32.6 Å². The van der Waals surface area contributed by atoms with Crippen LogP contribution in [0.5, 0.6) is 0 Å². The van der Waals surface area contributed by atoms with Gasteiger partial charge < -0.3 is 19.8 Å². The van der Waals surface area contributed by atoms with Crippen LogP contribution in [0.4, 0.5) is 0 Å². The van der Waals surface area contributed by atoms with E-state index < -0.39 is 29.4 Å². The number of fused-ring (bicyclic) bond motifs is 1. The number of hydrogen-bond acceptors (Lipinski definition) is 4. The summed E-state index contributed by atoms with van der Waals surface area (Å²) >= 11 is 0. The molecule has 6 atom stereocenters. The Kier molecular flexibility index (Phi) is 5.04. The van der Waals surface area contributed by atoms with E-state index in [1.165, 1.54) is 0 Å². The highest BCUT2D eigenvalue weighted by Crippen LogP contribution is 2.55. The Morgan fingerprint density at radius 1 is 1.42 bits per heavy atom. The van der Waals surface area contributed by atoms with Gasteiger partial charge in [-0.15, -0.1) is 0 Å². The van der Waals surface area contributed by atoms with E-state index >= 15 is 0 Å². The van der Waals surface area contributed by atoms with Gasteiger partial charge in [-0.3, -0.25) is 4.79 Å². The number of aliphatic hydroxyl groups excluding tert-OH is 1. The number of hydrogen-bond donors (Lipinski definition) is 2. The standard InChI is InChI=1S/C21H35NO4/c1-6-10-15-17(24)22-18(19(2,3)4)26-13-21(22,20(15,5)25)16(23)14-11-8-7-9-12-14/h8,11,14-16,18,23,25H,6-7,9-10,12-13H2,1-5H3/t14-,15+,16+,18+,20+,21-/m1/s1. The smallest absolute Gasteiger partial charge is 0.231 e. The highest BCUT2D eigenvalue weighted by atomic mass is 16.5. The molecule has 3 aliphatic rings. The maximum Gasteiger partial charge on any atom is 0.231 e. The van der Waals surface area contributed by atoms with Crippen LogP contribution in [0, 0.1) is 17.3 Å². The van der Waals surface area contributed by atoms with Gasteiger partial charge in [0, 0.05) is 11.3 Å². The van der Waals surface area contributed by atoms with Crippen molar-refractivity contribution in [2.45, 2.75) is 90.2 Å². The summed E-state index contributed by atoms with van der Waals surface area (Å²) in [6, 6.07) is 0. The van der Waals surface area contributed by atoms with Gasteiger partial charge in [0.05, 0.1) is 18.6 Å². The summed E-state index contributed by atoms with van der Waals surface area (Å²) in [6.07, 6.45) is 7.23. The molecule has 0 bridgehead atoms. The summed E-state index contributed by atoms with van der Waals surface area (Å²) in [5, 5.41) is 23.1. The normalized spacial score (nSPS) is 41.6. The SMILES string of the molecule is CCC[C@H]1C(=O)N2[C@H](C(C)(C)C)OC[C@@]2([C@@H](O)[C@@H]2C=CCCC2)[C@@]1(C)O. The third kappa shape index (κ3) is 2.66. The predicted octanol–water partition coefficient (Wildman–Crippen LogP) is 2.85. The fourth-order valence-electron chi connectivity index (χ4n) is 5.29. The molecule has 2 heterocycles. The first-order valence-corrected chi connectivity index (χ1v) is 10.1. The van der Waals surface area contributed by atoms with E-state index in [1.807, 2.05) is 27.7 Å². The van der Waals surface area contributed by atoms with Gasteiger partial charge in [-0.25, -0.2) is 0 Å². The van der Waals surface area contributed by atoms with E-state index in [0.29, 0.717) is 6.42 Å². The molecule has 0 radical (unpaired) electrons. The Labute approximate surface area is 157 Å². The predicted molar refractivity (Wildman–Crippen MR) is 100 cm³/mol. The summed E-state index contributed by atoms with van der Waals surface area (Å²) in [5.74, 6) is -0.634. The Morgan fingerprint density at radius 2 is 2.12 bits per heavy atom. The highest BCUT2D eigenvalue weighted by molar-refractivity contribution is 5.85. The molecule has 1 aliphatic carbocycles. The number of carbonyl (C=O) groups excluding carboxylic acids is 1. The first-order valence-electron chi connectivity index (χ1n) is 10.1. The Morgan fingerprint density at radius 3 is 2.65 bits per heavy atom. The van der Waals surface area contributed by atoms with Gasteiger partial charge in [-0.2, -0.15) is 0 Å².